The summed E-state index contributed by atoms with van der Waals surface area (Å²) < 4.78 is 22.9. The molecule has 0 amide bonds. The quantitative estimate of drug-likeness (QED) is 0.155. The van der Waals surface area contributed by atoms with Gasteiger partial charge in [0.05, 0.1) is 13.0 Å². The number of fused-ring (bicyclic) bond motifs is 1. The predicted octanol–water partition coefficient (Wildman–Crippen LogP) is 6.42. The van der Waals surface area contributed by atoms with Crippen molar-refractivity contribution in [2.75, 3.05) is 7.11 Å². The topological polar surface area (TPSA) is 104 Å². The third-order valence-electron chi connectivity index (χ3n) is 6.66. The van der Waals surface area contributed by atoms with E-state index in [1.807, 2.05) is 79.7 Å². The number of aryl methyl sites for hydroxylation is 1. The van der Waals surface area contributed by atoms with Crippen LogP contribution in [0.2, 0.25) is 0 Å². The van der Waals surface area contributed by atoms with Gasteiger partial charge in [-0.05, 0) is 47.9 Å². The fourth-order valence-electron chi connectivity index (χ4n) is 4.55. The lowest BCUT2D eigenvalue weighted by atomic mass is 9.83. The fraction of sp³-hybridized carbons (Fsp3) is 0.118. The Balaban J connectivity index is 1.38. The zero-order valence-electron chi connectivity index (χ0n) is 22.7. The van der Waals surface area contributed by atoms with Crippen molar-refractivity contribution >= 4 is 12.0 Å². The third kappa shape index (κ3) is 6.23. The van der Waals surface area contributed by atoms with Crippen molar-refractivity contribution in [3.05, 3.63) is 136 Å². The van der Waals surface area contributed by atoms with Crippen molar-refractivity contribution in [2.45, 2.75) is 19.4 Å². The normalized spacial score (nSPS) is 14.1. The van der Waals surface area contributed by atoms with Gasteiger partial charge in [0.2, 0.25) is 5.88 Å². The van der Waals surface area contributed by atoms with Crippen LogP contribution >= 0.6 is 0 Å². The summed E-state index contributed by atoms with van der Waals surface area (Å²) in [7, 11) is 1.57. The Hall–Kier alpha value is -5.48. The molecular weight excluding hydrogens is 516 g/mol. The highest BCUT2D eigenvalue weighted by Gasteiger charge is 2.31. The van der Waals surface area contributed by atoms with Gasteiger partial charge in [-0.3, -0.25) is 0 Å². The van der Waals surface area contributed by atoms with Gasteiger partial charge in [-0.2, -0.15) is 5.26 Å². The molecule has 1 aliphatic heterocycles. The second kappa shape index (κ2) is 12.1. The Morgan fingerprint density at radius 1 is 1.00 bits per heavy atom. The molecule has 1 atom stereocenters. The van der Waals surface area contributed by atoms with E-state index in [4.69, 9.17) is 24.7 Å². The smallest absolute Gasteiger partial charge is 0.336 e. The van der Waals surface area contributed by atoms with E-state index >= 15 is 0 Å². The number of methoxy groups -OCH3 is 1. The molecule has 5 rings (SSSR count). The van der Waals surface area contributed by atoms with Crippen molar-refractivity contribution in [3.8, 4) is 29.1 Å². The highest BCUT2D eigenvalue weighted by Crippen LogP contribution is 2.45. The average Bonchev–Trinajstić information content (AvgIpc) is 2.99. The van der Waals surface area contributed by atoms with E-state index in [2.05, 4.69) is 6.07 Å². The number of benzene rings is 4. The molecule has 7 heteroatoms. The Bertz CT molecular complexity index is 1670. The van der Waals surface area contributed by atoms with E-state index in [1.54, 1.807) is 31.4 Å². The first-order valence-electron chi connectivity index (χ1n) is 13.0. The molecule has 0 saturated carbocycles. The Labute approximate surface area is 238 Å². The van der Waals surface area contributed by atoms with Gasteiger partial charge < -0.3 is 24.7 Å². The van der Waals surface area contributed by atoms with Crippen molar-refractivity contribution < 1.29 is 23.7 Å². The van der Waals surface area contributed by atoms with E-state index in [0.717, 1.165) is 22.3 Å². The molecular formula is C34H28N2O5. The standard InChI is InChI=1S/C34H28N2O5/c1-22-8-10-23(11-9-22)12-17-32(37)40-26-14-15-27-30(19-26)41-34(36)28(20-35)33(27)25-13-16-29(31(18-25)38-2)39-21-24-6-4-3-5-7-24/h3-19,33H,21,36H2,1-2H3/b17-12+. The lowest BCUT2D eigenvalue weighted by molar-refractivity contribution is -0.128. The summed E-state index contributed by atoms with van der Waals surface area (Å²) in [6.45, 7) is 2.38. The predicted molar refractivity (Wildman–Crippen MR) is 155 cm³/mol. The zero-order valence-corrected chi connectivity index (χ0v) is 22.7. The van der Waals surface area contributed by atoms with Crippen molar-refractivity contribution in [1.82, 2.24) is 0 Å². The van der Waals surface area contributed by atoms with Crippen molar-refractivity contribution in [2.24, 2.45) is 5.73 Å². The Morgan fingerprint density at radius 2 is 1.78 bits per heavy atom. The van der Waals surface area contributed by atoms with Gasteiger partial charge in [-0.1, -0.05) is 72.3 Å². The number of hydrogen-bond acceptors (Lipinski definition) is 7. The summed E-state index contributed by atoms with van der Waals surface area (Å²) in [6, 6.07) is 30.3. The van der Waals surface area contributed by atoms with Crippen LogP contribution in [0.15, 0.2) is 109 Å². The second-order valence-corrected chi connectivity index (χ2v) is 9.47. The van der Waals surface area contributed by atoms with E-state index in [-0.39, 0.29) is 17.2 Å². The van der Waals surface area contributed by atoms with Crippen LogP contribution in [0.4, 0.5) is 0 Å². The minimum atomic E-state index is -0.532. The molecule has 0 aliphatic carbocycles. The number of allylic oxidation sites excluding steroid dienone is 1. The molecule has 0 fully saturated rings. The highest BCUT2D eigenvalue weighted by molar-refractivity contribution is 5.88. The van der Waals surface area contributed by atoms with Crippen LogP contribution in [0, 0.1) is 18.3 Å². The summed E-state index contributed by atoms with van der Waals surface area (Å²) in [5.74, 6) is 0.703. The number of nitrogens with two attached hydrogens (primary N) is 1. The van der Waals surface area contributed by atoms with Crippen LogP contribution in [0.5, 0.6) is 23.0 Å². The lowest BCUT2D eigenvalue weighted by Gasteiger charge is -2.27. The van der Waals surface area contributed by atoms with Crippen LogP contribution in [-0.2, 0) is 11.4 Å². The van der Waals surface area contributed by atoms with Gasteiger partial charge in [0.1, 0.15) is 29.7 Å². The van der Waals surface area contributed by atoms with Crippen LogP contribution < -0.4 is 24.7 Å². The molecule has 0 bridgehead atoms. The van der Waals surface area contributed by atoms with Crippen LogP contribution in [0.3, 0.4) is 0 Å². The van der Waals surface area contributed by atoms with Crippen molar-refractivity contribution in [3.63, 3.8) is 0 Å². The molecule has 41 heavy (non-hydrogen) atoms. The maximum absolute atomic E-state index is 12.5. The molecule has 7 nitrogen and oxygen atoms in total. The molecule has 2 N–H and O–H groups in total. The number of ether oxygens (including phenoxy) is 4. The number of nitriles is 1. The van der Waals surface area contributed by atoms with Gasteiger partial charge in [-0.25, -0.2) is 4.79 Å². The summed E-state index contributed by atoms with van der Waals surface area (Å²) in [6.07, 6.45) is 3.05. The summed E-state index contributed by atoms with van der Waals surface area (Å²) in [5, 5.41) is 9.95. The number of carbonyl (C=O) groups is 1. The van der Waals surface area contributed by atoms with Crippen molar-refractivity contribution in [1.29, 1.82) is 5.26 Å². The van der Waals surface area contributed by atoms with Crippen LogP contribution in [0.1, 0.15) is 33.7 Å². The molecule has 0 radical (unpaired) electrons. The number of nitrogens with zero attached hydrogens (tertiary/aromatic N) is 1. The van der Waals surface area contributed by atoms with E-state index in [0.29, 0.717) is 29.4 Å². The first-order valence-corrected chi connectivity index (χ1v) is 13.0. The SMILES string of the molecule is COc1cc(C2C(C#N)=C(N)Oc3cc(OC(=O)/C=C/c4ccc(C)cc4)ccc32)ccc1OCc1ccccc1. The first kappa shape index (κ1) is 27.1. The number of esters is 1. The molecule has 204 valence electrons. The maximum atomic E-state index is 12.5. The molecule has 4 aromatic rings. The summed E-state index contributed by atoms with van der Waals surface area (Å²) in [5.41, 5.74) is 11.0. The highest BCUT2D eigenvalue weighted by atomic mass is 16.5. The zero-order chi connectivity index (χ0) is 28.8. The van der Waals surface area contributed by atoms with E-state index in [1.165, 1.54) is 6.08 Å². The third-order valence-corrected chi connectivity index (χ3v) is 6.66. The van der Waals surface area contributed by atoms with E-state index < -0.39 is 11.9 Å². The largest absolute Gasteiger partial charge is 0.493 e. The molecule has 4 aromatic carbocycles. The monoisotopic (exact) mass is 544 g/mol. The Morgan fingerprint density at radius 3 is 2.51 bits per heavy atom. The number of carbonyl (C=O) groups excluding carboxylic acids is 1. The van der Waals surface area contributed by atoms with Gasteiger partial charge in [0.25, 0.3) is 0 Å². The second-order valence-electron chi connectivity index (χ2n) is 9.47. The minimum Gasteiger partial charge on any atom is -0.493 e. The van der Waals surface area contributed by atoms with Gasteiger partial charge in [0.15, 0.2) is 11.5 Å². The number of rotatable bonds is 8. The molecule has 1 heterocycles. The van der Waals surface area contributed by atoms with Gasteiger partial charge in [0, 0.05) is 17.7 Å². The van der Waals surface area contributed by atoms with Crippen LogP contribution in [0.25, 0.3) is 6.08 Å². The fourth-order valence-corrected chi connectivity index (χ4v) is 4.55. The molecule has 0 saturated heterocycles. The maximum Gasteiger partial charge on any atom is 0.336 e. The molecule has 1 aliphatic rings. The summed E-state index contributed by atoms with van der Waals surface area (Å²) >= 11 is 0. The van der Waals surface area contributed by atoms with E-state index in [9.17, 15) is 10.1 Å². The van der Waals surface area contributed by atoms with Gasteiger partial charge in [-0.15, -0.1) is 0 Å². The van der Waals surface area contributed by atoms with Crippen LogP contribution in [-0.4, -0.2) is 13.1 Å². The van der Waals surface area contributed by atoms with Gasteiger partial charge >= 0.3 is 5.97 Å². The lowest BCUT2D eigenvalue weighted by Crippen LogP contribution is -2.21. The molecule has 0 spiro atoms. The molecule has 1 unspecified atom stereocenters. The summed E-state index contributed by atoms with van der Waals surface area (Å²) in [4.78, 5) is 12.5. The number of hydrogen-bond donors (Lipinski definition) is 1. The minimum absolute atomic E-state index is 0.0175. The average molecular weight is 545 g/mol. The Kier molecular flexibility index (Phi) is 8.03. The molecule has 0 aromatic heterocycles. The first-order chi connectivity index (χ1) is 19.9.